The fourth-order valence-electron chi connectivity index (χ4n) is 1.60. The van der Waals surface area contributed by atoms with Crippen LogP contribution in [0, 0.1) is 0 Å². The summed E-state index contributed by atoms with van der Waals surface area (Å²) in [7, 11) is 0. The van der Waals surface area contributed by atoms with E-state index in [1.165, 1.54) is 43.6 Å². The lowest BCUT2D eigenvalue weighted by Gasteiger charge is -2.08. The van der Waals surface area contributed by atoms with Crippen molar-refractivity contribution in [3.63, 3.8) is 0 Å². The number of benzene rings is 1. The molecule has 2 amide bonds. The molecule has 2 aromatic rings. The van der Waals surface area contributed by atoms with Crippen molar-refractivity contribution in [1.29, 1.82) is 0 Å². The molecule has 0 saturated carbocycles. The lowest BCUT2D eigenvalue weighted by atomic mass is 10.2. The Labute approximate surface area is 152 Å². The zero-order valence-corrected chi connectivity index (χ0v) is 14.6. The largest absolute Gasteiger partial charge is 0.321 e. The summed E-state index contributed by atoms with van der Waals surface area (Å²) in [5.41, 5.74) is 3.06. The summed E-state index contributed by atoms with van der Waals surface area (Å²) in [4.78, 5) is 27.7. The van der Waals surface area contributed by atoms with Crippen LogP contribution in [0.15, 0.2) is 41.8 Å². The number of aromatic nitrogens is 1. The Bertz CT molecular complexity index is 787. The number of hydrogen-bond acceptors (Lipinski definition) is 4. The molecule has 0 spiro atoms. The second-order valence-electron chi connectivity index (χ2n) is 4.58. The zero-order valence-electron chi connectivity index (χ0n) is 12.3. The number of carbonyl (C=O) groups excluding carboxylic acids is 2. The molecule has 0 saturated heterocycles. The van der Waals surface area contributed by atoms with Gasteiger partial charge in [-0.25, -0.2) is 5.43 Å². The van der Waals surface area contributed by atoms with E-state index in [1.54, 1.807) is 0 Å². The third kappa shape index (κ3) is 4.67. The second kappa shape index (κ2) is 8.10. The number of carbonyl (C=O) groups is 2. The van der Waals surface area contributed by atoms with Crippen LogP contribution < -0.4 is 10.7 Å². The molecule has 0 unspecified atom stereocenters. The molecule has 2 N–H and O–H groups in total. The summed E-state index contributed by atoms with van der Waals surface area (Å²) >= 11 is 17.6. The molecule has 24 heavy (non-hydrogen) atoms. The Morgan fingerprint density at radius 1 is 1.08 bits per heavy atom. The number of pyridine rings is 1. The summed E-state index contributed by atoms with van der Waals surface area (Å²) in [6.45, 7) is 1.45. The van der Waals surface area contributed by atoms with Crippen LogP contribution >= 0.6 is 34.8 Å². The Kier molecular flexibility index (Phi) is 6.14. The molecule has 1 aromatic carbocycles. The summed E-state index contributed by atoms with van der Waals surface area (Å²) in [5, 5.41) is 6.92. The molecule has 0 aliphatic heterocycles. The van der Waals surface area contributed by atoms with Gasteiger partial charge in [0.2, 0.25) is 0 Å². The van der Waals surface area contributed by atoms with Crippen LogP contribution in [0.4, 0.5) is 5.69 Å². The van der Waals surface area contributed by atoms with E-state index >= 15 is 0 Å². The summed E-state index contributed by atoms with van der Waals surface area (Å²) < 4.78 is 0. The van der Waals surface area contributed by atoms with Gasteiger partial charge in [-0.05, 0) is 31.2 Å². The van der Waals surface area contributed by atoms with E-state index in [0.717, 1.165) is 0 Å². The predicted octanol–water partition coefficient (Wildman–Crippen LogP) is 3.79. The van der Waals surface area contributed by atoms with Gasteiger partial charge >= 0.3 is 0 Å². The van der Waals surface area contributed by atoms with Crippen molar-refractivity contribution in [2.24, 2.45) is 5.10 Å². The number of amides is 2. The molecule has 0 fully saturated rings. The first-order chi connectivity index (χ1) is 11.4. The van der Waals surface area contributed by atoms with Gasteiger partial charge in [-0.15, -0.1) is 0 Å². The van der Waals surface area contributed by atoms with Crippen LogP contribution in [0.2, 0.25) is 15.1 Å². The highest BCUT2D eigenvalue weighted by Crippen LogP contribution is 2.33. The monoisotopic (exact) mass is 384 g/mol. The summed E-state index contributed by atoms with van der Waals surface area (Å²) in [6, 6.07) is 5.96. The van der Waals surface area contributed by atoms with Gasteiger partial charge in [-0.2, -0.15) is 5.10 Å². The van der Waals surface area contributed by atoms with Gasteiger partial charge in [0.25, 0.3) is 11.8 Å². The molecular formula is C15H11Cl3N4O2. The quantitative estimate of drug-likeness (QED) is 0.477. The molecule has 124 valence electrons. The van der Waals surface area contributed by atoms with E-state index < -0.39 is 11.8 Å². The summed E-state index contributed by atoms with van der Waals surface area (Å²) in [5.74, 6) is -0.985. The first kappa shape index (κ1) is 18.2. The molecular weight excluding hydrogens is 375 g/mol. The van der Waals surface area contributed by atoms with E-state index in [9.17, 15) is 9.59 Å². The van der Waals surface area contributed by atoms with Crippen molar-refractivity contribution < 1.29 is 9.59 Å². The van der Waals surface area contributed by atoms with E-state index in [4.69, 9.17) is 34.8 Å². The molecule has 0 bridgehead atoms. The lowest BCUT2D eigenvalue weighted by Crippen LogP contribution is -2.25. The smallest absolute Gasteiger partial charge is 0.271 e. The van der Waals surface area contributed by atoms with Crippen LogP contribution in [0.3, 0.4) is 0 Å². The topological polar surface area (TPSA) is 83.5 Å². The number of nitrogens with zero attached hydrogens (tertiary/aromatic N) is 2. The highest BCUT2D eigenvalue weighted by molar-refractivity contribution is 6.48. The third-order valence-electron chi connectivity index (χ3n) is 2.84. The number of hydrazone groups is 1. The van der Waals surface area contributed by atoms with E-state index in [2.05, 4.69) is 20.8 Å². The molecule has 0 atom stereocenters. The highest BCUT2D eigenvalue weighted by Gasteiger charge is 2.11. The van der Waals surface area contributed by atoms with E-state index in [0.29, 0.717) is 11.3 Å². The van der Waals surface area contributed by atoms with Crippen molar-refractivity contribution in [3.05, 3.63) is 57.3 Å². The first-order valence-corrected chi connectivity index (χ1v) is 7.72. The number of anilines is 1. The van der Waals surface area contributed by atoms with Gasteiger partial charge in [-0.3, -0.25) is 14.6 Å². The molecule has 9 heteroatoms. The number of rotatable bonds is 4. The Hall–Kier alpha value is -2.15. The molecule has 0 aliphatic rings. The van der Waals surface area contributed by atoms with Gasteiger partial charge in [0, 0.05) is 23.6 Å². The molecule has 1 aromatic heterocycles. The van der Waals surface area contributed by atoms with Crippen LogP contribution in [0.5, 0.6) is 0 Å². The minimum atomic E-state index is -0.528. The van der Waals surface area contributed by atoms with Crippen molar-refractivity contribution >= 4 is 58.0 Å². The normalized spacial score (nSPS) is 11.1. The average Bonchev–Trinajstić information content (AvgIpc) is 2.57. The minimum absolute atomic E-state index is 0.0413. The summed E-state index contributed by atoms with van der Waals surface area (Å²) in [6.07, 6.45) is 2.96. The number of hydrogen-bond donors (Lipinski definition) is 2. The average molecular weight is 386 g/mol. The van der Waals surface area contributed by atoms with Crippen molar-refractivity contribution in [1.82, 2.24) is 10.4 Å². The predicted molar refractivity (Wildman–Crippen MR) is 94.9 cm³/mol. The van der Waals surface area contributed by atoms with Gasteiger partial charge in [-0.1, -0.05) is 34.8 Å². The van der Waals surface area contributed by atoms with E-state index in [-0.39, 0.29) is 20.8 Å². The molecule has 6 nitrogen and oxygen atoms in total. The van der Waals surface area contributed by atoms with Crippen LogP contribution in [0.25, 0.3) is 0 Å². The molecule has 2 rings (SSSR count). The molecule has 1 heterocycles. The molecule has 0 aliphatic carbocycles. The van der Waals surface area contributed by atoms with Crippen molar-refractivity contribution in [2.45, 2.75) is 6.92 Å². The van der Waals surface area contributed by atoms with Crippen LogP contribution in [-0.2, 0) is 4.79 Å². The SMILES string of the molecule is C/C(=N\NC(=O)c1ccncc1)C(=O)Nc1cc(Cl)c(Cl)c(Cl)c1. The lowest BCUT2D eigenvalue weighted by molar-refractivity contribution is -0.110. The zero-order chi connectivity index (χ0) is 17.7. The minimum Gasteiger partial charge on any atom is -0.321 e. The van der Waals surface area contributed by atoms with E-state index in [1.807, 2.05) is 0 Å². The fraction of sp³-hybridized carbons (Fsp3) is 0.0667. The van der Waals surface area contributed by atoms with Crippen molar-refractivity contribution in [2.75, 3.05) is 5.32 Å². The first-order valence-electron chi connectivity index (χ1n) is 6.59. The second-order valence-corrected chi connectivity index (χ2v) is 5.77. The van der Waals surface area contributed by atoms with Crippen molar-refractivity contribution in [3.8, 4) is 0 Å². The van der Waals surface area contributed by atoms with Crippen LogP contribution in [-0.4, -0.2) is 22.5 Å². The number of nitrogens with one attached hydrogen (secondary N) is 2. The Balaban J connectivity index is 2.03. The Morgan fingerprint density at radius 3 is 2.25 bits per heavy atom. The standard InChI is InChI=1S/C15H11Cl3N4O2/c1-8(21-22-15(24)9-2-4-19-5-3-9)14(23)20-10-6-11(16)13(18)12(17)7-10/h2-7H,1H3,(H,20,23)(H,22,24)/b21-8+. The van der Waals surface area contributed by atoms with Gasteiger partial charge < -0.3 is 5.32 Å². The van der Waals surface area contributed by atoms with Gasteiger partial charge in [0.05, 0.1) is 15.1 Å². The van der Waals surface area contributed by atoms with Crippen LogP contribution in [0.1, 0.15) is 17.3 Å². The van der Waals surface area contributed by atoms with Gasteiger partial charge in [0.1, 0.15) is 5.71 Å². The maximum atomic E-state index is 12.0. The Morgan fingerprint density at radius 2 is 1.67 bits per heavy atom. The number of halogens is 3. The third-order valence-corrected chi connectivity index (χ3v) is 4.03. The maximum absolute atomic E-state index is 12.0. The highest BCUT2D eigenvalue weighted by atomic mass is 35.5. The van der Waals surface area contributed by atoms with Gasteiger partial charge in [0.15, 0.2) is 0 Å². The molecule has 0 radical (unpaired) electrons. The maximum Gasteiger partial charge on any atom is 0.271 e. The fourth-order valence-corrected chi connectivity index (χ4v) is 2.20.